The second-order valence-corrected chi connectivity index (χ2v) is 12.0. The van der Waals surface area contributed by atoms with E-state index in [0.29, 0.717) is 43.0 Å². The number of esters is 1. The average molecular weight is 692 g/mol. The predicted molar refractivity (Wildman–Crippen MR) is 175 cm³/mol. The lowest BCUT2D eigenvalue weighted by atomic mass is 9.94. The molecule has 4 aromatic rings. The van der Waals surface area contributed by atoms with Crippen LogP contribution in [0.1, 0.15) is 59.8 Å². The summed E-state index contributed by atoms with van der Waals surface area (Å²) >= 11 is 4.82. The van der Waals surface area contributed by atoms with E-state index in [9.17, 15) is 14.4 Å². The number of thiazole rings is 1. The lowest BCUT2D eigenvalue weighted by molar-refractivity contribution is -0.139. The van der Waals surface area contributed by atoms with Crippen LogP contribution in [0.4, 0.5) is 0 Å². The number of benzene rings is 3. The number of methoxy groups -OCH3 is 1. The van der Waals surface area contributed by atoms with E-state index in [1.807, 2.05) is 43.3 Å². The van der Waals surface area contributed by atoms with Crippen LogP contribution < -0.4 is 24.4 Å². The molecule has 0 unspecified atom stereocenters. The van der Waals surface area contributed by atoms with Crippen LogP contribution in [0, 0.1) is 0 Å². The molecule has 1 aliphatic rings. The van der Waals surface area contributed by atoms with Gasteiger partial charge in [-0.25, -0.2) is 14.6 Å². The smallest absolute Gasteiger partial charge is 0.338 e. The van der Waals surface area contributed by atoms with Crippen LogP contribution in [0.5, 0.6) is 11.5 Å². The molecule has 9 nitrogen and oxygen atoms in total. The van der Waals surface area contributed by atoms with Gasteiger partial charge in [0.15, 0.2) is 4.80 Å². The van der Waals surface area contributed by atoms with Crippen molar-refractivity contribution in [3.05, 3.63) is 124 Å². The number of carboxylic acids is 1. The van der Waals surface area contributed by atoms with Gasteiger partial charge in [0.05, 0.1) is 45.6 Å². The monoisotopic (exact) mass is 690 g/mol. The lowest BCUT2D eigenvalue weighted by Crippen LogP contribution is -2.40. The highest BCUT2D eigenvalue weighted by atomic mass is 79.9. The molecule has 2 heterocycles. The Balaban J connectivity index is 1.50. The number of aromatic nitrogens is 1. The van der Waals surface area contributed by atoms with Gasteiger partial charge in [-0.2, -0.15) is 0 Å². The van der Waals surface area contributed by atoms with Crippen molar-refractivity contribution in [2.24, 2.45) is 4.99 Å². The van der Waals surface area contributed by atoms with Crippen LogP contribution >= 0.6 is 27.3 Å². The molecule has 232 valence electrons. The fourth-order valence-corrected chi connectivity index (χ4v) is 6.59. The van der Waals surface area contributed by atoms with E-state index in [-0.39, 0.29) is 24.3 Å². The molecule has 0 amide bonds. The maximum Gasteiger partial charge on any atom is 0.338 e. The van der Waals surface area contributed by atoms with Gasteiger partial charge in [-0.1, -0.05) is 55.0 Å². The van der Waals surface area contributed by atoms with Gasteiger partial charge in [0.1, 0.15) is 18.1 Å². The van der Waals surface area contributed by atoms with Crippen molar-refractivity contribution in [2.45, 2.75) is 39.3 Å². The number of allylic oxidation sites excluding steroid dienone is 1. The number of hydrogen-bond donors (Lipinski definition) is 1. The van der Waals surface area contributed by atoms with Gasteiger partial charge in [-0.15, -0.1) is 0 Å². The van der Waals surface area contributed by atoms with Gasteiger partial charge in [0.2, 0.25) is 0 Å². The summed E-state index contributed by atoms with van der Waals surface area (Å²) in [5, 5.41) is 9.07. The van der Waals surface area contributed by atoms with Crippen LogP contribution in [-0.4, -0.2) is 35.3 Å². The van der Waals surface area contributed by atoms with Crippen LogP contribution in [0.3, 0.4) is 0 Å². The van der Waals surface area contributed by atoms with Crippen molar-refractivity contribution >= 4 is 45.3 Å². The number of ether oxygens (including phenoxy) is 3. The summed E-state index contributed by atoms with van der Waals surface area (Å²) < 4.78 is 19.5. The van der Waals surface area contributed by atoms with E-state index in [1.54, 1.807) is 55.0 Å². The number of carbonyl (C=O) groups excluding carboxylic acids is 1. The second kappa shape index (κ2) is 14.1. The highest BCUT2D eigenvalue weighted by molar-refractivity contribution is 9.10. The zero-order valence-corrected chi connectivity index (χ0v) is 27.3. The fraction of sp³-hybridized carbons (Fsp3) is 0.235. The Labute approximate surface area is 271 Å². The molecule has 0 saturated heterocycles. The molecule has 0 fully saturated rings. The molecule has 1 aliphatic heterocycles. The molecule has 0 saturated carbocycles. The van der Waals surface area contributed by atoms with Crippen LogP contribution in [0.25, 0.3) is 6.08 Å². The number of halogens is 1. The predicted octanol–water partition coefficient (Wildman–Crippen LogP) is 5.63. The van der Waals surface area contributed by atoms with E-state index in [2.05, 4.69) is 15.9 Å². The summed E-state index contributed by atoms with van der Waals surface area (Å²) in [5.74, 6) is -0.214. The van der Waals surface area contributed by atoms with Gasteiger partial charge in [0, 0.05) is 0 Å². The van der Waals surface area contributed by atoms with Crippen molar-refractivity contribution in [1.29, 1.82) is 0 Å². The summed E-state index contributed by atoms with van der Waals surface area (Å²) in [7, 11) is 1.58. The fourth-order valence-electron chi connectivity index (χ4n) is 5.01. The van der Waals surface area contributed by atoms with E-state index < -0.39 is 18.0 Å². The lowest BCUT2D eigenvalue weighted by Gasteiger charge is -2.26. The summed E-state index contributed by atoms with van der Waals surface area (Å²) in [5.41, 5.74) is 3.27. The van der Waals surface area contributed by atoms with Crippen LogP contribution in [0.15, 0.2) is 92.3 Å². The second-order valence-electron chi connectivity index (χ2n) is 10.2. The normalized spacial score (nSPS) is 14.5. The van der Waals surface area contributed by atoms with Crippen LogP contribution in [-0.2, 0) is 16.1 Å². The maximum absolute atomic E-state index is 14.0. The largest absolute Gasteiger partial charge is 0.496 e. The molecule has 0 aliphatic carbocycles. The van der Waals surface area contributed by atoms with Crippen molar-refractivity contribution in [3.63, 3.8) is 0 Å². The number of carboxylic acid groups (broad SMARTS) is 1. The van der Waals surface area contributed by atoms with E-state index >= 15 is 0 Å². The summed E-state index contributed by atoms with van der Waals surface area (Å²) in [4.78, 5) is 43.8. The summed E-state index contributed by atoms with van der Waals surface area (Å²) in [6.07, 6.45) is 3.11. The number of rotatable bonds is 11. The molecule has 0 spiro atoms. The minimum Gasteiger partial charge on any atom is -0.496 e. The van der Waals surface area contributed by atoms with Gasteiger partial charge in [0.25, 0.3) is 5.56 Å². The Morgan fingerprint density at radius 3 is 2.42 bits per heavy atom. The average Bonchev–Trinajstić information content (AvgIpc) is 3.34. The number of fused-ring (bicyclic) bond motifs is 1. The zero-order chi connectivity index (χ0) is 32.1. The molecule has 45 heavy (non-hydrogen) atoms. The summed E-state index contributed by atoms with van der Waals surface area (Å²) in [6.45, 7) is 4.24. The molecule has 1 N–H and O–H groups in total. The quantitative estimate of drug-likeness (QED) is 0.203. The Hall–Kier alpha value is -4.48. The van der Waals surface area contributed by atoms with Crippen LogP contribution in [0.2, 0.25) is 0 Å². The molecule has 11 heteroatoms. The standard InChI is InChI=1S/C34H31BrN2O7S/c1-4-6-26-29(33(41)43-5-2)30(23-13-16-27(42-3)25(35)18-23)37-31(38)28(45-34(37)36-26)17-20-9-14-24(15-10-20)44-19-21-7-11-22(12-8-21)32(39)40/h7-18,30H,4-6,19H2,1-3H3,(H,39,40)/b28-17+/t30-/m0/s1. The Bertz CT molecular complexity index is 1940. The first-order valence-corrected chi connectivity index (χ1v) is 16.0. The van der Waals surface area contributed by atoms with Gasteiger partial charge in [-0.3, -0.25) is 9.36 Å². The number of hydrogen-bond acceptors (Lipinski definition) is 8. The van der Waals surface area contributed by atoms with E-state index in [0.717, 1.165) is 23.1 Å². The molecule has 1 atom stereocenters. The highest BCUT2D eigenvalue weighted by Gasteiger charge is 2.34. The third kappa shape index (κ3) is 6.94. The Kier molecular flexibility index (Phi) is 9.99. The molecule has 1 aromatic heterocycles. The third-order valence-electron chi connectivity index (χ3n) is 7.17. The Morgan fingerprint density at radius 1 is 1.07 bits per heavy atom. The zero-order valence-electron chi connectivity index (χ0n) is 24.9. The van der Waals surface area contributed by atoms with Gasteiger partial charge < -0.3 is 19.3 Å². The van der Waals surface area contributed by atoms with Crippen molar-refractivity contribution in [2.75, 3.05) is 13.7 Å². The molecule has 0 radical (unpaired) electrons. The minimum absolute atomic E-state index is 0.196. The molecule has 3 aromatic carbocycles. The molecular weight excluding hydrogens is 660 g/mol. The number of carbonyl (C=O) groups is 2. The van der Waals surface area contributed by atoms with Crippen molar-refractivity contribution in [3.8, 4) is 11.5 Å². The highest BCUT2D eigenvalue weighted by Crippen LogP contribution is 2.36. The number of aromatic carboxylic acids is 1. The van der Waals surface area contributed by atoms with Crippen molar-refractivity contribution in [1.82, 2.24) is 4.57 Å². The molecular formula is C34H31BrN2O7S. The first kappa shape index (κ1) is 31.9. The van der Waals surface area contributed by atoms with E-state index in [4.69, 9.17) is 24.3 Å². The van der Waals surface area contributed by atoms with E-state index in [1.165, 1.54) is 11.3 Å². The number of nitrogens with zero attached hydrogens (tertiary/aromatic N) is 2. The molecule has 0 bridgehead atoms. The summed E-state index contributed by atoms with van der Waals surface area (Å²) in [6, 6.07) is 18.6. The molecule has 5 rings (SSSR count). The Morgan fingerprint density at radius 2 is 1.80 bits per heavy atom. The topological polar surface area (TPSA) is 116 Å². The first-order chi connectivity index (χ1) is 21.7. The van der Waals surface area contributed by atoms with Gasteiger partial charge >= 0.3 is 11.9 Å². The first-order valence-electron chi connectivity index (χ1n) is 14.3. The SMILES string of the molecule is CCCC1=C(C(=O)OCC)[C@H](c2ccc(OC)c(Br)c2)n2c(s/c(=C/c3ccc(OCc4ccc(C(=O)O)cc4)cc3)c2=O)=N1. The van der Waals surface area contributed by atoms with Crippen molar-refractivity contribution < 1.29 is 28.9 Å². The van der Waals surface area contributed by atoms with Gasteiger partial charge in [-0.05, 0) is 88.4 Å². The third-order valence-corrected chi connectivity index (χ3v) is 8.77. The maximum atomic E-state index is 14.0. The minimum atomic E-state index is -0.976.